The Bertz CT molecular complexity index is 4710. The summed E-state index contributed by atoms with van der Waals surface area (Å²) in [6.07, 6.45) is 4.49. The predicted molar refractivity (Wildman–Crippen MR) is 367 cm³/mol. The Hall–Kier alpha value is -6.75. The molecule has 6 aromatic carbocycles. The average Bonchev–Trinajstić information content (AvgIpc) is 1.91. The third-order valence-electron chi connectivity index (χ3n) is 13.6. The molecule has 0 aliphatic carbocycles. The summed E-state index contributed by atoms with van der Waals surface area (Å²) in [5.74, 6) is 5.64. The van der Waals surface area contributed by atoms with Gasteiger partial charge in [-0.1, -0.05) is 89.8 Å². The molecular weight excluding hydrogens is 1770 g/mol. The van der Waals surface area contributed by atoms with Crippen LogP contribution in [0.1, 0.15) is 34.2 Å². The van der Waals surface area contributed by atoms with Crippen molar-refractivity contribution in [1.29, 1.82) is 0 Å². The molecule has 0 saturated carbocycles. The minimum Gasteiger partial charge on any atom is -0.649 e. The van der Waals surface area contributed by atoms with E-state index in [1.54, 1.807) is 51.4 Å². The van der Waals surface area contributed by atoms with E-state index in [2.05, 4.69) is 117 Å². The SMILES string of the molecule is Cc1ccc(-c2sc3ccccc3[c]2[AlH])o1.Cc1ccc(-c2sccc2[O][AlH])o1.Cc1cn(-c2ccccc2)c(-c2ccccc2O)n1.Cc1csc(-c2[c-]ccs2)n1.[Ir].[Ir].[Ir].[c-]1c(Cc2cc3ccccc3c(-c3[c-]cccc3)n2)cccc1-c1ccccn1. The van der Waals surface area contributed by atoms with Gasteiger partial charge < -0.3 is 32.7 Å². The van der Waals surface area contributed by atoms with Gasteiger partial charge in [0.2, 0.25) is 16.3 Å². The zero-order valence-corrected chi connectivity index (χ0v) is 63.0. The topological polar surface area (TPSA) is 112 Å². The van der Waals surface area contributed by atoms with E-state index in [9.17, 15) is 5.11 Å². The number of aryl methyl sites for hydroxylation is 4. The van der Waals surface area contributed by atoms with Crippen molar-refractivity contribution in [2.45, 2.75) is 34.1 Å². The van der Waals surface area contributed by atoms with Crippen LogP contribution < -0.4 is 8.21 Å². The van der Waals surface area contributed by atoms with Gasteiger partial charge in [-0.2, -0.15) is 23.5 Å². The number of pyridine rings is 2. The molecule has 15 rings (SSSR count). The molecule has 0 spiro atoms. The minimum absolute atomic E-state index is 0. The van der Waals surface area contributed by atoms with Crippen LogP contribution in [0.2, 0.25) is 0 Å². The van der Waals surface area contributed by atoms with Gasteiger partial charge in [0, 0.05) is 99.5 Å². The number of aromatic hydroxyl groups is 1. The van der Waals surface area contributed by atoms with Gasteiger partial charge in [-0.15, -0.1) is 104 Å². The van der Waals surface area contributed by atoms with E-state index in [0.717, 1.165) is 111 Å². The summed E-state index contributed by atoms with van der Waals surface area (Å²) >= 11 is 10.2. The number of hydrogen-bond donors (Lipinski definition) is 1. The number of para-hydroxylation sites is 2. The molecule has 91 heavy (non-hydrogen) atoms. The maximum absolute atomic E-state index is 9.99. The van der Waals surface area contributed by atoms with Crippen molar-refractivity contribution in [1.82, 2.24) is 24.5 Å². The number of phenolic OH excluding ortho intramolecular Hbond substituents is 1. The van der Waals surface area contributed by atoms with Gasteiger partial charge in [0.15, 0.2) is 0 Å². The normalized spacial score (nSPS) is 10.3. The van der Waals surface area contributed by atoms with Gasteiger partial charge in [-0.25, -0.2) is 16.3 Å². The zero-order valence-electron chi connectivity index (χ0n) is 49.7. The molecule has 0 bridgehead atoms. The molecule has 15 aromatic rings. The van der Waals surface area contributed by atoms with Gasteiger partial charge in [0.25, 0.3) is 0 Å². The molecule has 9 aromatic heterocycles. The summed E-state index contributed by atoms with van der Waals surface area (Å²) in [7, 11) is 0. The van der Waals surface area contributed by atoms with Crippen LogP contribution in [0.5, 0.6) is 11.5 Å². The summed E-state index contributed by atoms with van der Waals surface area (Å²) in [5, 5.41) is 20.8. The van der Waals surface area contributed by atoms with E-state index in [1.807, 2.05) is 193 Å². The Morgan fingerprint density at radius 2 is 1.31 bits per heavy atom. The number of imidazole rings is 1. The summed E-state index contributed by atoms with van der Waals surface area (Å²) in [4.78, 5) is 21.8. The first-order valence-corrected chi connectivity index (χ1v) is 32.8. The van der Waals surface area contributed by atoms with Crippen molar-refractivity contribution in [2.75, 3.05) is 0 Å². The summed E-state index contributed by atoms with van der Waals surface area (Å²) in [5.41, 5.74) is 9.80. The van der Waals surface area contributed by atoms with Crippen molar-refractivity contribution in [3.05, 3.63) is 287 Å². The molecule has 0 fully saturated rings. The molecule has 9 heterocycles. The fourth-order valence-corrected chi connectivity index (χ4v) is 14.2. The summed E-state index contributed by atoms with van der Waals surface area (Å²) in [6, 6.07) is 78.3. The zero-order chi connectivity index (χ0) is 60.8. The fraction of sp³-hybridized carbons (Fsp3) is 0.0685. The number of furan rings is 2. The fourth-order valence-electron chi connectivity index (χ4n) is 9.53. The second kappa shape index (κ2) is 34.2. The molecule has 1 N–H and O–H groups in total. The molecule has 9 nitrogen and oxygen atoms in total. The second-order valence-corrected chi connectivity index (χ2v) is 24.8. The number of aromatic nitrogens is 5. The minimum atomic E-state index is 0. The summed E-state index contributed by atoms with van der Waals surface area (Å²) in [6.45, 7) is 7.87. The first-order chi connectivity index (χ1) is 43.0. The van der Waals surface area contributed by atoms with E-state index in [-0.39, 0.29) is 66.1 Å². The van der Waals surface area contributed by atoms with Gasteiger partial charge in [0.05, 0.1) is 16.1 Å². The molecular formula is C73H56Al2Ir3N5O4S4-3. The third kappa shape index (κ3) is 18.1. The number of rotatable bonds is 10. The molecule has 5 radical (unpaired) electrons. The molecule has 18 heteroatoms. The molecule has 0 amide bonds. The average molecular weight is 1830 g/mol. The Balaban J connectivity index is 0.000000152. The van der Waals surface area contributed by atoms with E-state index in [4.69, 9.17) is 17.6 Å². The number of phenols is 1. The molecule has 457 valence electrons. The number of nitrogens with zero attached hydrogens (tertiary/aromatic N) is 5. The van der Waals surface area contributed by atoms with Crippen LogP contribution in [0.25, 0.3) is 91.6 Å². The molecule has 0 aliphatic heterocycles. The molecule has 0 saturated heterocycles. The first-order valence-electron chi connectivity index (χ1n) is 28.1. The van der Waals surface area contributed by atoms with Crippen molar-refractivity contribution < 1.29 is 78.0 Å². The van der Waals surface area contributed by atoms with Crippen molar-refractivity contribution >= 4 is 104 Å². The monoisotopic (exact) mass is 1830 g/mol. The maximum Gasteiger partial charge on any atom is 0.494 e. The third-order valence-corrected chi connectivity index (χ3v) is 19.0. The maximum atomic E-state index is 9.99. The first kappa shape index (κ1) is 70.1. The van der Waals surface area contributed by atoms with Crippen molar-refractivity contribution in [2.24, 2.45) is 0 Å². The van der Waals surface area contributed by atoms with Gasteiger partial charge in [-0.05, 0) is 145 Å². The second-order valence-electron chi connectivity index (χ2n) is 20.0. The number of thiazole rings is 1. The Morgan fingerprint density at radius 1 is 0.604 bits per heavy atom. The molecule has 0 aliphatic rings. The van der Waals surface area contributed by atoms with Gasteiger partial charge >= 0.3 is 16.6 Å². The van der Waals surface area contributed by atoms with Crippen LogP contribution in [0.15, 0.2) is 244 Å². The Labute approximate surface area is 603 Å². The van der Waals surface area contributed by atoms with Crippen LogP contribution in [0, 0.1) is 45.9 Å². The summed E-state index contributed by atoms with van der Waals surface area (Å²) < 4.78 is 21.1. The largest absolute Gasteiger partial charge is 0.649 e. The van der Waals surface area contributed by atoms with Crippen LogP contribution >= 0.6 is 45.3 Å². The van der Waals surface area contributed by atoms with E-state index < -0.39 is 0 Å². The van der Waals surface area contributed by atoms with Crippen LogP contribution in [-0.2, 0) is 66.7 Å². The van der Waals surface area contributed by atoms with Gasteiger partial charge in [0.1, 0.15) is 45.2 Å². The number of fused-ring (bicyclic) bond motifs is 2. The van der Waals surface area contributed by atoms with E-state index in [0.29, 0.717) is 6.42 Å². The predicted octanol–water partition coefficient (Wildman–Crippen LogP) is 18.2. The van der Waals surface area contributed by atoms with Crippen molar-refractivity contribution in [3.8, 4) is 82.2 Å². The Morgan fingerprint density at radius 3 is 1.98 bits per heavy atom. The Kier molecular flexibility index (Phi) is 26.4. The number of benzene rings is 6. The quantitative estimate of drug-likeness (QED) is 0.106. The van der Waals surface area contributed by atoms with Crippen molar-refractivity contribution in [3.63, 3.8) is 0 Å². The van der Waals surface area contributed by atoms with E-state index in [1.165, 1.54) is 41.4 Å². The molecule has 0 unspecified atom stereocenters. The molecule has 0 atom stereocenters. The number of hydrogen-bond acceptors (Lipinski definition) is 12. The number of thiophene rings is 3. The van der Waals surface area contributed by atoms with Crippen LogP contribution in [0.4, 0.5) is 0 Å². The standard InChI is InChI=1S/C27H18N2.C16H14N2O.C13H9OS.C9H8O2S.C8H6NS2.2Al.3Ir.2H/c1-2-10-21(11-3-1)27-25-14-5-4-12-22(25)19-24(29-27)18-20-9-8-13-23(17-20)26-15-6-7-16-28-26;1-12-11-18(13-7-3-2-4-8-13)16(17-12)14-9-5-6-10-15(14)19;1-9-6-7-11(14-9)13-8-10-4-2-3-5-12(10)15-13;1-6-2-3-8(11-6)9-7(10)4-5-12-9;1-6-5-11-8(9-6)7-3-2-4-10-7;;;;;;;/h1-10,12-16,19H,18H2;2-11,19H,1H3;2-7H,1H3;2-5,10H,1H3;2,4-5H,1H3;;;;;;;/q-2;;;;-1;;+1;;;;;/p-1. The smallest absolute Gasteiger partial charge is 0.494 e. The van der Waals surface area contributed by atoms with Crippen LogP contribution in [0.3, 0.4) is 0 Å². The van der Waals surface area contributed by atoms with E-state index >= 15 is 0 Å². The van der Waals surface area contributed by atoms with Gasteiger partial charge in [-0.3, -0.25) is 4.57 Å². The van der Waals surface area contributed by atoms with Crippen LogP contribution in [-0.4, -0.2) is 62.5 Å².